The molecule has 366 valence electrons. The van der Waals surface area contributed by atoms with Crippen LogP contribution in [0.15, 0.2) is 60.7 Å². The van der Waals surface area contributed by atoms with Crippen LogP contribution in [0.25, 0.3) is 0 Å². The Balaban J connectivity index is 0.00000470. The van der Waals surface area contributed by atoms with E-state index in [-0.39, 0.29) is 55.7 Å². The number of phosphoric acid groups is 1. The molecule has 0 heterocycles. The van der Waals surface area contributed by atoms with Crippen molar-refractivity contribution < 1.29 is 56.7 Å². The maximum Gasteiger partial charge on any atom is 0.472 e. The summed E-state index contributed by atoms with van der Waals surface area (Å²) in [4.78, 5) is 73.0. The van der Waals surface area contributed by atoms with E-state index >= 15 is 0 Å². The molecule has 0 aromatic heterocycles. The zero-order valence-corrected chi connectivity index (χ0v) is 42.2. The van der Waals surface area contributed by atoms with Crippen molar-refractivity contribution in [3.05, 3.63) is 71.8 Å². The van der Waals surface area contributed by atoms with Gasteiger partial charge in [-0.3, -0.25) is 38.1 Å². The van der Waals surface area contributed by atoms with Gasteiger partial charge in [-0.25, -0.2) is 4.57 Å². The Hall–Kier alpha value is -3.78. The highest BCUT2D eigenvalue weighted by molar-refractivity contribution is 7.47. The second kappa shape index (κ2) is 25.4. The first-order chi connectivity index (χ1) is 30.0. The van der Waals surface area contributed by atoms with E-state index in [0.717, 1.165) is 0 Å². The second-order valence-electron chi connectivity index (χ2n) is 20.9. The molecule has 0 spiro atoms. The zero-order valence-electron chi connectivity index (χ0n) is 41.3. The molecular formula is C49H78N3O12P. The Morgan fingerprint density at radius 1 is 0.708 bits per heavy atom. The predicted octanol–water partition coefficient (Wildman–Crippen LogP) is 7.83. The van der Waals surface area contributed by atoms with E-state index in [2.05, 4.69) is 24.3 Å². The molecule has 1 saturated carbocycles. The standard InChI is InChI=1S/C48H78N3O10P.CO2/c1-14-49(32-41(52)58-45(5,6)7)29-30-50(33-42(53)59-46(8,9)10)31-39(51(36-44(2,3)4)34-43(54)60-47(11,12)13)35-57-62(55,56)61-40-25-27-48(28-26-40,37-21-17-15-18-22-37)38-23-19-16-20-24-38;2-1-3/h15-24,39-40H,14,25-36H2,1-13H3,(H,55,56);/t39-;/m1./s1. The summed E-state index contributed by atoms with van der Waals surface area (Å²) in [6, 6.07) is 20.0. The summed E-state index contributed by atoms with van der Waals surface area (Å²) in [5.74, 6) is -1.29. The Morgan fingerprint density at radius 3 is 1.51 bits per heavy atom. The van der Waals surface area contributed by atoms with Gasteiger partial charge in [-0.05, 0) is 111 Å². The van der Waals surface area contributed by atoms with Crippen molar-refractivity contribution in [1.29, 1.82) is 0 Å². The van der Waals surface area contributed by atoms with E-state index in [1.807, 2.05) is 99.6 Å². The van der Waals surface area contributed by atoms with Crippen LogP contribution in [0.3, 0.4) is 0 Å². The van der Waals surface area contributed by atoms with Gasteiger partial charge in [-0.1, -0.05) is 88.4 Å². The van der Waals surface area contributed by atoms with Gasteiger partial charge in [-0.2, -0.15) is 9.59 Å². The molecule has 1 N–H and O–H groups in total. The molecule has 0 amide bonds. The number of hydrogen-bond acceptors (Lipinski definition) is 14. The number of phosphoric ester groups is 1. The highest BCUT2D eigenvalue weighted by Crippen LogP contribution is 2.51. The van der Waals surface area contributed by atoms with Crippen molar-refractivity contribution in [2.75, 3.05) is 59.0 Å². The molecule has 2 aromatic rings. The van der Waals surface area contributed by atoms with Gasteiger partial charge in [0.05, 0.1) is 32.3 Å². The monoisotopic (exact) mass is 932 g/mol. The van der Waals surface area contributed by atoms with Crippen molar-refractivity contribution in [2.45, 2.75) is 150 Å². The third-order valence-corrected chi connectivity index (χ3v) is 11.3. The number of rotatable bonds is 21. The molecule has 0 saturated heterocycles. The van der Waals surface area contributed by atoms with Crippen molar-refractivity contribution >= 4 is 31.9 Å². The number of hydrogen-bond donors (Lipinski definition) is 1. The Labute approximate surface area is 388 Å². The fourth-order valence-corrected chi connectivity index (χ4v) is 8.87. The average molecular weight is 932 g/mol. The van der Waals surface area contributed by atoms with E-state index in [1.54, 1.807) is 41.5 Å². The highest BCUT2D eigenvalue weighted by Gasteiger charge is 2.41. The van der Waals surface area contributed by atoms with Crippen molar-refractivity contribution in [3.63, 3.8) is 0 Å². The van der Waals surface area contributed by atoms with Crippen LogP contribution < -0.4 is 0 Å². The number of nitrogens with zero attached hydrogens (tertiary/aromatic N) is 3. The first-order valence-electron chi connectivity index (χ1n) is 22.6. The van der Waals surface area contributed by atoms with E-state index in [4.69, 9.17) is 32.8 Å². The average Bonchev–Trinajstić information content (AvgIpc) is 3.16. The minimum Gasteiger partial charge on any atom is -0.459 e. The van der Waals surface area contributed by atoms with Gasteiger partial charge in [-0.15, -0.1) is 0 Å². The second-order valence-corrected chi connectivity index (χ2v) is 22.4. The number of ether oxygens (including phenoxy) is 3. The SMILES string of the molecule is CCN(CCN(CC(=O)OC(C)(C)C)C[C@H](COP(=O)(O)OC1CCC(c2ccccc2)(c2ccccc2)CC1)N(CC(=O)OC(C)(C)C)CC(C)(C)C)CC(=O)OC(C)(C)C.O=C=O. The van der Waals surface area contributed by atoms with Crippen LogP contribution in [0.5, 0.6) is 0 Å². The predicted molar refractivity (Wildman–Crippen MR) is 249 cm³/mol. The topological polar surface area (TPSA) is 179 Å². The van der Waals surface area contributed by atoms with Crippen LogP contribution in [0.1, 0.15) is 127 Å². The molecule has 65 heavy (non-hydrogen) atoms. The van der Waals surface area contributed by atoms with Gasteiger partial charge in [0.15, 0.2) is 0 Å². The minimum atomic E-state index is -4.64. The lowest BCUT2D eigenvalue weighted by atomic mass is 9.65. The number of esters is 3. The lowest BCUT2D eigenvalue weighted by Crippen LogP contribution is -2.53. The number of carbonyl (C=O) groups excluding carboxylic acids is 5. The molecule has 1 unspecified atom stereocenters. The molecule has 3 rings (SSSR count). The van der Waals surface area contributed by atoms with Crippen LogP contribution in [-0.2, 0) is 57.2 Å². The first-order valence-corrected chi connectivity index (χ1v) is 24.1. The fourth-order valence-electron chi connectivity index (χ4n) is 7.86. The molecule has 0 radical (unpaired) electrons. The lowest BCUT2D eigenvalue weighted by Gasteiger charge is -2.41. The molecular weight excluding hydrogens is 854 g/mol. The Morgan fingerprint density at radius 2 is 1.11 bits per heavy atom. The van der Waals surface area contributed by atoms with Gasteiger partial charge >= 0.3 is 31.9 Å². The summed E-state index contributed by atoms with van der Waals surface area (Å²) < 4.78 is 42.9. The fraction of sp³-hybridized carbons (Fsp3) is 0.673. The Kier molecular flexibility index (Phi) is 22.4. The van der Waals surface area contributed by atoms with Gasteiger partial charge in [0.1, 0.15) is 16.8 Å². The van der Waals surface area contributed by atoms with Gasteiger partial charge in [0.2, 0.25) is 0 Å². The van der Waals surface area contributed by atoms with E-state index in [9.17, 15) is 23.8 Å². The maximum absolute atomic E-state index is 13.9. The molecule has 2 atom stereocenters. The van der Waals surface area contributed by atoms with Crippen molar-refractivity contribution in [1.82, 2.24) is 14.7 Å². The molecule has 0 bridgehead atoms. The summed E-state index contributed by atoms with van der Waals surface area (Å²) in [7, 11) is -4.64. The number of carbonyl (C=O) groups is 3. The molecule has 16 heteroatoms. The lowest BCUT2D eigenvalue weighted by molar-refractivity contribution is -0.192. The maximum atomic E-state index is 13.9. The molecule has 1 aliphatic carbocycles. The van der Waals surface area contributed by atoms with Crippen LogP contribution in [0, 0.1) is 5.41 Å². The third kappa shape index (κ3) is 23.0. The van der Waals surface area contributed by atoms with Crippen LogP contribution in [0.2, 0.25) is 0 Å². The number of likely N-dealkylation sites (N-methyl/N-ethyl adjacent to an activating group) is 1. The normalized spacial score (nSPS) is 16.2. The van der Waals surface area contributed by atoms with Crippen LogP contribution in [0.4, 0.5) is 0 Å². The van der Waals surface area contributed by atoms with Crippen molar-refractivity contribution in [3.8, 4) is 0 Å². The first kappa shape index (κ1) is 57.3. The van der Waals surface area contributed by atoms with Gasteiger partial charge in [0.25, 0.3) is 0 Å². The van der Waals surface area contributed by atoms with Crippen LogP contribution in [-0.4, -0.2) is 132 Å². The summed E-state index contributed by atoms with van der Waals surface area (Å²) in [5, 5.41) is 0. The van der Waals surface area contributed by atoms with E-state index in [1.165, 1.54) is 11.1 Å². The zero-order chi connectivity index (χ0) is 49.3. The summed E-state index contributed by atoms with van der Waals surface area (Å²) >= 11 is 0. The summed E-state index contributed by atoms with van der Waals surface area (Å²) in [6.07, 6.45) is 2.23. The molecule has 15 nitrogen and oxygen atoms in total. The van der Waals surface area contributed by atoms with Gasteiger partial charge in [0, 0.05) is 37.6 Å². The van der Waals surface area contributed by atoms with E-state index < -0.39 is 48.7 Å². The summed E-state index contributed by atoms with van der Waals surface area (Å²) in [5.41, 5.74) is -0.322. The largest absolute Gasteiger partial charge is 0.472 e. The van der Waals surface area contributed by atoms with Crippen LogP contribution >= 0.6 is 7.82 Å². The third-order valence-electron chi connectivity index (χ3n) is 10.3. The van der Waals surface area contributed by atoms with Crippen molar-refractivity contribution in [2.24, 2.45) is 5.41 Å². The molecule has 1 aliphatic rings. The Bertz CT molecular complexity index is 1800. The summed E-state index contributed by atoms with van der Waals surface area (Å²) in [6.45, 7) is 25.6. The minimum absolute atomic E-state index is 0.0550. The number of benzene rings is 2. The smallest absolute Gasteiger partial charge is 0.459 e. The van der Waals surface area contributed by atoms with E-state index in [0.29, 0.717) is 51.9 Å². The molecule has 1 fully saturated rings. The molecule has 0 aliphatic heterocycles. The highest BCUT2D eigenvalue weighted by atomic mass is 31.2. The van der Waals surface area contributed by atoms with Gasteiger partial charge < -0.3 is 19.1 Å². The quantitative estimate of drug-likeness (QED) is 0.0727. The molecule has 2 aromatic carbocycles.